The van der Waals surface area contributed by atoms with Crippen molar-refractivity contribution in [2.75, 3.05) is 23.0 Å². The van der Waals surface area contributed by atoms with Gasteiger partial charge in [0.15, 0.2) is 0 Å². The molecular weight excluding hydrogens is 448 g/mol. The van der Waals surface area contributed by atoms with Crippen LogP contribution in [-0.2, 0) is 9.53 Å². The molecule has 0 aliphatic rings. The predicted octanol–water partition coefficient (Wildman–Crippen LogP) is 5.50. The molecule has 32 heavy (non-hydrogen) atoms. The highest BCUT2D eigenvalue weighted by atomic mass is 35.5. The Kier molecular flexibility index (Phi) is 8.30. The van der Waals surface area contributed by atoms with Crippen molar-refractivity contribution in [2.24, 2.45) is 0 Å². The summed E-state index contributed by atoms with van der Waals surface area (Å²) in [5, 5.41) is 6.10. The van der Waals surface area contributed by atoms with E-state index in [4.69, 9.17) is 16.3 Å². The summed E-state index contributed by atoms with van der Waals surface area (Å²) in [6, 6.07) is 20.5. The molecule has 3 rings (SSSR count). The van der Waals surface area contributed by atoms with Crippen LogP contribution < -0.4 is 10.6 Å². The first-order chi connectivity index (χ1) is 15.4. The van der Waals surface area contributed by atoms with Crippen LogP contribution in [0.3, 0.4) is 0 Å². The molecule has 2 N–H and O–H groups in total. The molecule has 3 aromatic rings. The summed E-state index contributed by atoms with van der Waals surface area (Å²) in [4.78, 5) is 37.0. The molecule has 0 heterocycles. The fourth-order valence-corrected chi connectivity index (χ4v) is 3.61. The number of amides is 2. The zero-order chi connectivity index (χ0) is 22.9. The van der Waals surface area contributed by atoms with Crippen molar-refractivity contribution in [1.82, 2.24) is 0 Å². The molecule has 8 heteroatoms. The molecule has 2 amide bonds. The first kappa shape index (κ1) is 23.4. The summed E-state index contributed by atoms with van der Waals surface area (Å²) in [6.07, 6.45) is 0. The topological polar surface area (TPSA) is 84.5 Å². The number of thioether (sulfide) groups is 1. The Labute approximate surface area is 195 Å². The summed E-state index contributed by atoms with van der Waals surface area (Å²) < 4.78 is 4.94. The molecule has 0 saturated heterocycles. The number of hydrogen-bond donors (Lipinski definition) is 2. The van der Waals surface area contributed by atoms with E-state index in [0.29, 0.717) is 34.1 Å². The Morgan fingerprint density at radius 1 is 0.875 bits per heavy atom. The van der Waals surface area contributed by atoms with Gasteiger partial charge in [-0.3, -0.25) is 9.59 Å². The molecule has 0 aliphatic carbocycles. The summed E-state index contributed by atoms with van der Waals surface area (Å²) >= 11 is 7.29. The van der Waals surface area contributed by atoms with Gasteiger partial charge in [-0.05, 0) is 73.7 Å². The van der Waals surface area contributed by atoms with Crippen molar-refractivity contribution >= 4 is 52.5 Å². The molecule has 3 aromatic carbocycles. The third-order valence-electron chi connectivity index (χ3n) is 4.25. The average Bonchev–Trinajstić information content (AvgIpc) is 2.79. The molecule has 0 spiro atoms. The predicted molar refractivity (Wildman–Crippen MR) is 128 cm³/mol. The quantitative estimate of drug-likeness (QED) is 0.337. The van der Waals surface area contributed by atoms with Crippen LogP contribution in [0, 0.1) is 0 Å². The number of halogens is 1. The van der Waals surface area contributed by atoms with Crippen LogP contribution in [0.15, 0.2) is 77.7 Å². The maximum atomic E-state index is 12.3. The monoisotopic (exact) mass is 468 g/mol. The zero-order valence-corrected chi connectivity index (χ0v) is 18.8. The Balaban J connectivity index is 1.48. The molecular formula is C24H21ClN2O4S. The van der Waals surface area contributed by atoms with Gasteiger partial charge in [-0.2, -0.15) is 0 Å². The largest absolute Gasteiger partial charge is 0.462 e. The van der Waals surface area contributed by atoms with Crippen molar-refractivity contribution in [1.29, 1.82) is 0 Å². The van der Waals surface area contributed by atoms with E-state index in [-0.39, 0.29) is 17.6 Å². The standard InChI is InChI=1S/C24H21ClN2O4S/c1-2-31-24(30)16-6-8-19(9-7-16)26-22(28)15-32-21-12-10-20(11-13-21)27-23(29)17-4-3-5-18(25)14-17/h3-14H,2,15H2,1H3,(H,26,28)(H,27,29). The fraction of sp³-hybridized carbons (Fsp3) is 0.125. The van der Waals surface area contributed by atoms with Gasteiger partial charge in [0.25, 0.3) is 5.91 Å². The summed E-state index contributed by atoms with van der Waals surface area (Å²) in [5.41, 5.74) is 2.15. The molecule has 0 saturated carbocycles. The minimum absolute atomic E-state index is 0.169. The van der Waals surface area contributed by atoms with Crippen molar-refractivity contribution < 1.29 is 19.1 Å². The van der Waals surface area contributed by atoms with Gasteiger partial charge in [0.05, 0.1) is 17.9 Å². The number of esters is 1. The number of nitrogens with one attached hydrogen (secondary N) is 2. The van der Waals surface area contributed by atoms with Crippen LogP contribution in [0.4, 0.5) is 11.4 Å². The van der Waals surface area contributed by atoms with Gasteiger partial charge in [-0.15, -0.1) is 11.8 Å². The van der Waals surface area contributed by atoms with Gasteiger partial charge < -0.3 is 15.4 Å². The highest BCUT2D eigenvalue weighted by Gasteiger charge is 2.09. The number of hydrogen-bond acceptors (Lipinski definition) is 5. The molecule has 0 fully saturated rings. The van der Waals surface area contributed by atoms with E-state index < -0.39 is 5.97 Å². The van der Waals surface area contributed by atoms with Gasteiger partial charge in [0, 0.05) is 26.9 Å². The van der Waals surface area contributed by atoms with Gasteiger partial charge in [0.2, 0.25) is 5.91 Å². The van der Waals surface area contributed by atoms with Crippen LogP contribution in [0.2, 0.25) is 5.02 Å². The first-order valence-electron chi connectivity index (χ1n) is 9.81. The number of carbonyl (C=O) groups is 3. The highest BCUT2D eigenvalue weighted by Crippen LogP contribution is 2.21. The Morgan fingerprint density at radius 2 is 1.53 bits per heavy atom. The van der Waals surface area contributed by atoms with E-state index in [0.717, 1.165) is 4.90 Å². The molecule has 0 aromatic heterocycles. The third kappa shape index (κ3) is 6.87. The van der Waals surface area contributed by atoms with Gasteiger partial charge in [0.1, 0.15) is 0 Å². The Hall–Kier alpha value is -3.29. The lowest BCUT2D eigenvalue weighted by molar-refractivity contribution is -0.113. The number of carbonyl (C=O) groups excluding carboxylic acids is 3. The lowest BCUT2D eigenvalue weighted by Crippen LogP contribution is -2.14. The van der Waals surface area contributed by atoms with Crippen LogP contribution in [0.5, 0.6) is 0 Å². The van der Waals surface area contributed by atoms with Crippen molar-refractivity contribution in [2.45, 2.75) is 11.8 Å². The normalized spacial score (nSPS) is 10.3. The fourth-order valence-electron chi connectivity index (χ4n) is 2.72. The molecule has 6 nitrogen and oxygen atoms in total. The second kappa shape index (κ2) is 11.4. The molecule has 164 valence electrons. The smallest absolute Gasteiger partial charge is 0.338 e. The van der Waals surface area contributed by atoms with Crippen LogP contribution >= 0.6 is 23.4 Å². The maximum Gasteiger partial charge on any atom is 0.338 e. The van der Waals surface area contributed by atoms with E-state index in [1.54, 1.807) is 67.6 Å². The summed E-state index contributed by atoms with van der Waals surface area (Å²) in [7, 11) is 0. The lowest BCUT2D eigenvalue weighted by atomic mass is 10.2. The number of benzene rings is 3. The summed E-state index contributed by atoms with van der Waals surface area (Å²) in [6.45, 7) is 2.05. The first-order valence-corrected chi connectivity index (χ1v) is 11.2. The highest BCUT2D eigenvalue weighted by molar-refractivity contribution is 8.00. The van der Waals surface area contributed by atoms with E-state index >= 15 is 0 Å². The van der Waals surface area contributed by atoms with E-state index in [1.807, 2.05) is 12.1 Å². The van der Waals surface area contributed by atoms with E-state index in [9.17, 15) is 14.4 Å². The number of ether oxygens (including phenoxy) is 1. The van der Waals surface area contributed by atoms with Crippen LogP contribution in [0.25, 0.3) is 0 Å². The van der Waals surface area contributed by atoms with Gasteiger partial charge >= 0.3 is 5.97 Å². The van der Waals surface area contributed by atoms with E-state index in [1.165, 1.54) is 11.8 Å². The molecule has 0 bridgehead atoms. The maximum absolute atomic E-state index is 12.3. The third-order valence-corrected chi connectivity index (χ3v) is 5.50. The zero-order valence-electron chi connectivity index (χ0n) is 17.3. The van der Waals surface area contributed by atoms with Crippen molar-refractivity contribution in [3.8, 4) is 0 Å². The molecule has 0 atom stereocenters. The molecule has 0 unspecified atom stereocenters. The molecule has 0 radical (unpaired) electrons. The van der Waals surface area contributed by atoms with Crippen molar-refractivity contribution in [3.05, 3.63) is 88.9 Å². The minimum atomic E-state index is -0.395. The van der Waals surface area contributed by atoms with Gasteiger partial charge in [-0.25, -0.2) is 4.79 Å². The lowest BCUT2D eigenvalue weighted by Gasteiger charge is -2.08. The average molecular weight is 469 g/mol. The van der Waals surface area contributed by atoms with Crippen LogP contribution in [-0.4, -0.2) is 30.1 Å². The SMILES string of the molecule is CCOC(=O)c1ccc(NC(=O)CSc2ccc(NC(=O)c3cccc(Cl)c3)cc2)cc1. The summed E-state index contributed by atoms with van der Waals surface area (Å²) in [5.74, 6) is -0.597. The van der Waals surface area contributed by atoms with Gasteiger partial charge in [-0.1, -0.05) is 17.7 Å². The number of rotatable bonds is 8. The van der Waals surface area contributed by atoms with Crippen LogP contribution in [0.1, 0.15) is 27.6 Å². The van der Waals surface area contributed by atoms with Crippen molar-refractivity contribution in [3.63, 3.8) is 0 Å². The Bertz CT molecular complexity index is 1100. The second-order valence-electron chi connectivity index (χ2n) is 6.62. The second-order valence-corrected chi connectivity index (χ2v) is 8.11. The Morgan fingerprint density at radius 3 is 2.19 bits per heavy atom. The minimum Gasteiger partial charge on any atom is -0.462 e. The molecule has 0 aliphatic heterocycles. The van der Waals surface area contributed by atoms with E-state index in [2.05, 4.69) is 10.6 Å². The number of anilines is 2.